The topological polar surface area (TPSA) is 85.8 Å². The number of amides is 1. The van der Waals surface area contributed by atoms with Gasteiger partial charge in [-0.05, 0) is 67.2 Å². The largest absolute Gasteiger partial charge is 0.384 e. The minimum atomic E-state index is -0.497. The highest BCUT2D eigenvalue weighted by Gasteiger charge is 2.23. The zero-order chi connectivity index (χ0) is 21.7. The van der Waals surface area contributed by atoms with E-state index in [1.807, 2.05) is 26.4 Å². The number of benzene rings is 1. The number of anilines is 2. The van der Waals surface area contributed by atoms with Crippen molar-refractivity contribution in [1.82, 2.24) is 14.8 Å². The van der Waals surface area contributed by atoms with Gasteiger partial charge in [0.15, 0.2) is 0 Å². The Morgan fingerprint density at radius 1 is 1.30 bits per heavy atom. The number of hydrogen-bond donors (Lipinski definition) is 2. The number of aryl methyl sites for hydroxylation is 1. The molecule has 1 amide bonds. The number of allylic oxidation sites excluding steroid dienone is 2. The van der Waals surface area contributed by atoms with Crippen molar-refractivity contribution >= 4 is 35.1 Å². The van der Waals surface area contributed by atoms with Crippen molar-refractivity contribution in [3.05, 3.63) is 76.5 Å². The van der Waals surface area contributed by atoms with Gasteiger partial charge in [-0.3, -0.25) is 14.5 Å². The van der Waals surface area contributed by atoms with Crippen LogP contribution in [0.4, 0.5) is 15.9 Å². The summed E-state index contributed by atoms with van der Waals surface area (Å²) in [4.78, 5) is 14.0. The van der Waals surface area contributed by atoms with Crippen LogP contribution in [0.1, 0.15) is 35.6 Å². The highest BCUT2D eigenvalue weighted by molar-refractivity contribution is 6.31. The molecule has 0 fully saturated rings. The molecule has 8 heteroatoms. The number of nitrogen functional groups attached to an aromatic ring is 1. The summed E-state index contributed by atoms with van der Waals surface area (Å²) in [5, 5.41) is 6.87. The Balaban J connectivity index is 0.000000199. The molecule has 0 radical (unpaired) electrons. The summed E-state index contributed by atoms with van der Waals surface area (Å²) in [5.41, 5.74) is 11.3. The Morgan fingerprint density at radius 3 is 2.63 bits per heavy atom. The summed E-state index contributed by atoms with van der Waals surface area (Å²) >= 11 is 5.42. The molecule has 2 heterocycles. The zero-order valence-corrected chi connectivity index (χ0v) is 17.5. The smallest absolute Gasteiger partial charge is 0.211 e. The minimum Gasteiger partial charge on any atom is -0.384 e. The second-order valence-electron chi connectivity index (χ2n) is 7.02. The molecule has 2 aromatic heterocycles. The first-order chi connectivity index (χ1) is 14.4. The molecule has 30 heavy (non-hydrogen) atoms. The van der Waals surface area contributed by atoms with E-state index in [1.54, 1.807) is 4.68 Å². The molecule has 4 rings (SSSR count). The maximum absolute atomic E-state index is 12.5. The molecular weight excluding hydrogens is 405 g/mol. The van der Waals surface area contributed by atoms with Gasteiger partial charge < -0.3 is 11.1 Å². The lowest BCUT2D eigenvalue weighted by molar-refractivity contribution is -0.105. The van der Waals surface area contributed by atoms with Gasteiger partial charge in [0.2, 0.25) is 6.41 Å². The molecule has 1 aliphatic carbocycles. The van der Waals surface area contributed by atoms with Crippen LogP contribution < -0.4 is 11.1 Å². The average Bonchev–Trinajstić information content (AvgIpc) is 3.33. The molecule has 0 bridgehead atoms. The molecule has 1 aromatic carbocycles. The highest BCUT2D eigenvalue weighted by atomic mass is 35.5. The Morgan fingerprint density at radius 2 is 2.03 bits per heavy atom. The first kappa shape index (κ1) is 21.5. The van der Waals surface area contributed by atoms with Gasteiger partial charge in [0, 0.05) is 30.7 Å². The number of nitrogens with two attached hydrogens (primary N) is 1. The Kier molecular flexibility index (Phi) is 6.84. The summed E-state index contributed by atoms with van der Waals surface area (Å²) in [6.45, 7) is 2.04. The van der Waals surface area contributed by atoms with E-state index in [1.165, 1.54) is 29.3 Å². The molecule has 156 valence electrons. The van der Waals surface area contributed by atoms with Gasteiger partial charge in [0.25, 0.3) is 0 Å². The third-order valence-electron chi connectivity index (χ3n) is 5.08. The third kappa shape index (κ3) is 4.86. The van der Waals surface area contributed by atoms with Gasteiger partial charge in [-0.15, -0.1) is 0 Å². The molecule has 1 aliphatic rings. The van der Waals surface area contributed by atoms with Gasteiger partial charge in [0.1, 0.15) is 11.6 Å². The summed E-state index contributed by atoms with van der Waals surface area (Å²) in [6, 6.07) is 8.15. The first-order valence-electron chi connectivity index (χ1n) is 9.44. The lowest BCUT2D eigenvalue weighted by Crippen LogP contribution is -1.97. The van der Waals surface area contributed by atoms with Crippen molar-refractivity contribution < 1.29 is 9.18 Å². The fraction of sp³-hybridized carbons (Fsp3) is 0.227. The summed E-state index contributed by atoms with van der Waals surface area (Å²) in [6.07, 6.45) is 8.61. The van der Waals surface area contributed by atoms with E-state index in [0.717, 1.165) is 29.9 Å². The SMILES string of the molecule is Cc1c(C2=CCC(c3ccncc3)C2)nn(C)c1N.O=CNc1ccc(F)c(Cl)c1. The molecule has 0 aliphatic heterocycles. The maximum atomic E-state index is 12.5. The van der Waals surface area contributed by atoms with Gasteiger partial charge in [-0.25, -0.2) is 4.39 Å². The number of halogens is 2. The van der Waals surface area contributed by atoms with Crippen molar-refractivity contribution in [2.24, 2.45) is 7.05 Å². The Hall–Kier alpha value is -3.19. The Bertz CT molecular complexity index is 1060. The van der Waals surface area contributed by atoms with Crippen molar-refractivity contribution in [3.63, 3.8) is 0 Å². The summed E-state index contributed by atoms with van der Waals surface area (Å²) in [5.74, 6) is 0.798. The summed E-state index contributed by atoms with van der Waals surface area (Å²) < 4.78 is 14.2. The fourth-order valence-corrected chi connectivity index (χ4v) is 3.58. The highest BCUT2D eigenvalue weighted by Crippen LogP contribution is 2.39. The number of pyridine rings is 1. The van der Waals surface area contributed by atoms with Crippen molar-refractivity contribution in [2.45, 2.75) is 25.7 Å². The van der Waals surface area contributed by atoms with Gasteiger partial charge >= 0.3 is 0 Å². The number of carbonyl (C=O) groups excluding carboxylic acids is 1. The molecule has 3 N–H and O–H groups in total. The number of hydrogen-bond acceptors (Lipinski definition) is 4. The molecule has 0 saturated carbocycles. The predicted octanol–water partition coefficient (Wildman–Crippen LogP) is 4.71. The van der Waals surface area contributed by atoms with Crippen molar-refractivity contribution in [2.75, 3.05) is 11.1 Å². The van der Waals surface area contributed by atoms with Crippen molar-refractivity contribution in [3.8, 4) is 0 Å². The quantitative estimate of drug-likeness (QED) is 0.590. The van der Waals surface area contributed by atoms with Crippen LogP contribution in [0.2, 0.25) is 5.02 Å². The normalized spacial score (nSPS) is 15.2. The van der Waals surface area contributed by atoms with Crippen LogP contribution in [0.25, 0.3) is 5.57 Å². The monoisotopic (exact) mass is 427 g/mol. The van der Waals surface area contributed by atoms with Gasteiger partial charge in [-0.2, -0.15) is 5.10 Å². The van der Waals surface area contributed by atoms with Crippen LogP contribution in [0, 0.1) is 12.7 Å². The summed E-state index contributed by atoms with van der Waals surface area (Å²) in [7, 11) is 1.89. The number of carbonyl (C=O) groups is 1. The number of nitrogens with one attached hydrogen (secondary N) is 1. The van der Waals surface area contributed by atoms with Crippen LogP contribution in [-0.4, -0.2) is 21.2 Å². The van der Waals surface area contributed by atoms with Crippen LogP contribution in [-0.2, 0) is 11.8 Å². The number of aromatic nitrogens is 3. The maximum Gasteiger partial charge on any atom is 0.211 e. The van der Waals surface area contributed by atoms with E-state index in [2.05, 4.69) is 33.6 Å². The van der Waals surface area contributed by atoms with E-state index in [-0.39, 0.29) is 5.02 Å². The van der Waals surface area contributed by atoms with E-state index < -0.39 is 5.82 Å². The second kappa shape index (κ2) is 9.54. The third-order valence-corrected chi connectivity index (χ3v) is 5.37. The van der Waals surface area contributed by atoms with Crippen LogP contribution in [0.5, 0.6) is 0 Å². The average molecular weight is 428 g/mol. The molecule has 0 saturated heterocycles. The minimum absolute atomic E-state index is 0.00292. The Labute approximate surface area is 179 Å². The van der Waals surface area contributed by atoms with Crippen LogP contribution >= 0.6 is 11.6 Å². The first-order valence-corrected chi connectivity index (χ1v) is 9.82. The fourth-order valence-electron chi connectivity index (χ4n) is 3.40. The zero-order valence-electron chi connectivity index (χ0n) is 16.8. The van der Waals surface area contributed by atoms with Crippen LogP contribution in [0.15, 0.2) is 48.8 Å². The van der Waals surface area contributed by atoms with Crippen molar-refractivity contribution in [1.29, 1.82) is 0 Å². The molecule has 3 aromatic rings. The predicted molar refractivity (Wildman–Crippen MR) is 118 cm³/mol. The number of nitrogens with zero attached hydrogens (tertiary/aromatic N) is 3. The second-order valence-corrected chi connectivity index (χ2v) is 7.43. The standard InChI is InChI=1S/C15H18N4.C7H5ClFNO/c1-10-14(18-19(2)15(10)16)13-4-3-12(9-13)11-5-7-17-8-6-11;8-6-3-5(10-4-11)1-2-7(6)9/h4-8,12H,3,9,16H2,1-2H3;1-4H,(H,10,11). The van der Waals surface area contributed by atoms with E-state index in [4.69, 9.17) is 17.3 Å². The van der Waals surface area contributed by atoms with E-state index in [0.29, 0.717) is 18.0 Å². The molecule has 0 spiro atoms. The van der Waals surface area contributed by atoms with Gasteiger partial charge in [-0.1, -0.05) is 17.7 Å². The van der Waals surface area contributed by atoms with Gasteiger partial charge in [0.05, 0.1) is 10.7 Å². The molecular formula is C22H23ClFN5O. The lowest BCUT2D eigenvalue weighted by atomic mass is 9.95. The molecule has 1 unspecified atom stereocenters. The molecule has 6 nitrogen and oxygen atoms in total. The lowest BCUT2D eigenvalue weighted by Gasteiger charge is -2.09. The number of rotatable bonds is 4. The van der Waals surface area contributed by atoms with E-state index >= 15 is 0 Å². The van der Waals surface area contributed by atoms with E-state index in [9.17, 15) is 9.18 Å². The van der Waals surface area contributed by atoms with Crippen LogP contribution in [0.3, 0.4) is 0 Å². The molecule has 1 atom stereocenters.